The normalized spacial score (nSPS) is 10.1. The molecule has 2 aromatic rings. The molecule has 0 aliphatic heterocycles. The van der Waals surface area contributed by atoms with Gasteiger partial charge in [-0.25, -0.2) is 20.2 Å². The van der Waals surface area contributed by atoms with Crippen molar-refractivity contribution >= 4 is 33.5 Å². The van der Waals surface area contributed by atoms with Gasteiger partial charge in [0.2, 0.25) is 0 Å². The Bertz CT molecular complexity index is 622. The van der Waals surface area contributed by atoms with Gasteiger partial charge in [0, 0.05) is 12.4 Å². The van der Waals surface area contributed by atoms with Crippen molar-refractivity contribution in [2.24, 2.45) is 5.84 Å². The first-order valence-electron chi connectivity index (χ1n) is 5.16. The molecule has 2 aromatic heterocycles. The lowest BCUT2D eigenvalue weighted by atomic mass is 10.2. The molecule has 0 radical (unpaired) electrons. The monoisotopic (exact) mass is 325 g/mol. The van der Waals surface area contributed by atoms with Crippen LogP contribution in [-0.2, 0) is 0 Å². The smallest absolute Gasteiger partial charge is 0.260 e. The second-order valence-corrected chi connectivity index (χ2v) is 4.31. The summed E-state index contributed by atoms with van der Waals surface area (Å²) in [6.45, 7) is 0. The van der Waals surface area contributed by atoms with E-state index in [-0.39, 0.29) is 11.4 Å². The molecule has 2 heterocycles. The van der Waals surface area contributed by atoms with Gasteiger partial charge in [-0.3, -0.25) is 4.79 Å². The van der Waals surface area contributed by atoms with Crippen molar-refractivity contribution in [2.45, 2.75) is 0 Å². The van der Waals surface area contributed by atoms with Crippen LogP contribution in [0.1, 0.15) is 10.4 Å². The van der Waals surface area contributed by atoms with Crippen LogP contribution in [-0.4, -0.2) is 15.9 Å². The van der Waals surface area contributed by atoms with Crippen molar-refractivity contribution in [2.75, 3.05) is 10.7 Å². The van der Waals surface area contributed by atoms with Gasteiger partial charge in [0.25, 0.3) is 5.91 Å². The summed E-state index contributed by atoms with van der Waals surface area (Å²) in [4.78, 5) is 19.6. The average Bonchev–Trinajstić information content (AvgIpc) is 2.41. The van der Waals surface area contributed by atoms with Crippen LogP contribution in [0.3, 0.4) is 0 Å². The first kappa shape index (κ1) is 13.4. The SMILES string of the molecule is NNc1nccc(C(=O)Nc2ncccc2Br)c1F. The van der Waals surface area contributed by atoms with Gasteiger partial charge >= 0.3 is 0 Å². The minimum Gasteiger partial charge on any atom is -0.306 e. The fraction of sp³-hybridized carbons (Fsp3) is 0. The van der Waals surface area contributed by atoms with E-state index in [0.717, 1.165) is 0 Å². The summed E-state index contributed by atoms with van der Waals surface area (Å²) in [5, 5.41) is 2.49. The summed E-state index contributed by atoms with van der Waals surface area (Å²) in [7, 11) is 0. The van der Waals surface area contributed by atoms with Crippen LogP contribution in [0.5, 0.6) is 0 Å². The molecule has 0 saturated carbocycles. The highest BCUT2D eigenvalue weighted by molar-refractivity contribution is 9.10. The highest BCUT2D eigenvalue weighted by Crippen LogP contribution is 2.20. The maximum Gasteiger partial charge on any atom is 0.260 e. The summed E-state index contributed by atoms with van der Waals surface area (Å²) in [5.41, 5.74) is 1.89. The number of aromatic nitrogens is 2. The molecule has 0 saturated heterocycles. The third-order valence-corrected chi connectivity index (χ3v) is 2.90. The summed E-state index contributed by atoms with van der Waals surface area (Å²) in [5.74, 6) is 3.72. The van der Waals surface area contributed by atoms with E-state index in [1.54, 1.807) is 12.1 Å². The molecule has 8 heteroatoms. The van der Waals surface area contributed by atoms with Gasteiger partial charge in [-0.1, -0.05) is 0 Å². The molecule has 0 spiro atoms. The molecule has 0 fully saturated rings. The van der Waals surface area contributed by atoms with Crippen LogP contribution in [0, 0.1) is 5.82 Å². The number of amides is 1. The number of nitrogens with two attached hydrogens (primary N) is 1. The third-order valence-electron chi connectivity index (χ3n) is 2.26. The van der Waals surface area contributed by atoms with Gasteiger partial charge in [-0.05, 0) is 34.1 Å². The molecular weight excluding hydrogens is 317 g/mol. The van der Waals surface area contributed by atoms with E-state index in [2.05, 4.69) is 36.6 Å². The van der Waals surface area contributed by atoms with E-state index in [9.17, 15) is 9.18 Å². The quantitative estimate of drug-likeness (QED) is 0.592. The van der Waals surface area contributed by atoms with Crippen LogP contribution in [0.4, 0.5) is 16.0 Å². The van der Waals surface area contributed by atoms with Crippen LogP contribution in [0.2, 0.25) is 0 Å². The number of nitrogens with zero attached hydrogens (tertiary/aromatic N) is 2. The Kier molecular flexibility index (Phi) is 4.03. The Labute approximate surface area is 116 Å². The van der Waals surface area contributed by atoms with Gasteiger partial charge < -0.3 is 10.7 Å². The van der Waals surface area contributed by atoms with Crippen LogP contribution >= 0.6 is 15.9 Å². The van der Waals surface area contributed by atoms with Crippen LogP contribution in [0.15, 0.2) is 35.1 Å². The number of carbonyl (C=O) groups is 1. The van der Waals surface area contributed by atoms with E-state index >= 15 is 0 Å². The number of nitrogens with one attached hydrogen (secondary N) is 2. The fourth-order valence-electron chi connectivity index (χ4n) is 1.37. The molecule has 0 aliphatic carbocycles. The topological polar surface area (TPSA) is 92.9 Å². The lowest BCUT2D eigenvalue weighted by molar-refractivity contribution is 0.102. The van der Waals surface area contributed by atoms with E-state index < -0.39 is 11.7 Å². The number of hydrogen-bond acceptors (Lipinski definition) is 5. The van der Waals surface area contributed by atoms with Crippen molar-refractivity contribution in [3.05, 3.63) is 46.4 Å². The Morgan fingerprint density at radius 2 is 2.00 bits per heavy atom. The van der Waals surface area contributed by atoms with E-state index in [1.165, 1.54) is 18.5 Å². The standard InChI is InChI=1S/C11H9BrFN5O/c12-7-2-1-4-15-9(7)17-11(19)6-3-5-16-10(18-14)8(6)13/h1-5H,14H2,(H,16,18)(H,15,17,19). The average molecular weight is 326 g/mol. The van der Waals surface area contributed by atoms with Crippen molar-refractivity contribution in [3.63, 3.8) is 0 Å². The Hall–Kier alpha value is -2.06. The molecule has 0 unspecified atom stereocenters. The number of rotatable bonds is 3. The highest BCUT2D eigenvalue weighted by Gasteiger charge is 2.16. The molecule has 2 rings (SSSR count). The largest absolute Gasteiger partial charge is 0.306 e. The number of hydrogen-bond donors (Lipinski definition) is 3. The van der Waals surface area contributed by atoms with Crippen molar-refractivity contribution in [1.82, 2.24) is 9.97 Å². The van der Waals surface area contributed by atoms with Crippen molar-refractivity contribution in [1.29, 1.82) is 0 Å². The Morgan fingerprint density at radius 1 is 1.26 bits per heavy atom. The molecule has 0 aromatic carbocycles. The van der Waals surface area contributed by atoms with E-state index in [4.69, 9.17) is 5.84 Å². The summed E-state index contributed by atoms with van der Waals surface area (Å²) < 4.78 is 14.4. The molecule has 0 bridgehead atoms. The zero-order valence-electron chi connectivity index (χ0n) is 9.52. The van der Waals surface area contributed by atoms with Gasteiger partial charge in [-0.15, -0.1) is 0 Å². The summed E-state index contributed by atoms with van der Waals surface area (Å²) in [6, 6.07) is 4.66. The molecule has 0 atom stereocenters. The molecule has 0 aliphatic rings. The molecule has 6 nitrogen and oxygen atoms in total. The number of halogens is 2. The predicted octanol–water partition coefficient (Wildman–Crippen LogP) is 1.92. The minimum absolute atomic E-state index is 0.180. The second kappa shape index (κ2) is 5.72. The number of nitrogen functional groups attached to an aromatic ring is 1. The number of pyridine rings is 2. The number of hydrazine groups is 1. The molecule has 4 N–H and O–H groups in total. The summed E-state index contributed by atoms with van der Waals surface area (Å²) in [6.07, 6.45) is 2.79. The van der Waals surface area contributed by atoms with Crippen LogP contribution in [0.25, 0.3) is 0 Å². The molecule has 98 valence electrons. The predicted molar refractivity (Wildman–Crippen MR) is 71.9 cm³/mol. The van der Waals surface area contributed by atoms with E-state index in [1.807, 2.05) is 0 Å². The van der Waals surface area contributed by atoms with Gasteiger partial charge in [0.05, 0.1) is 10.0 Å². The lowest BCUT2D eigenvalue weighted by Crippen LogP contribution is -2.18. The molecular formula is C11H9BrFN5O. The number of anilines is 2. The highest BCUT2D eigenvalue weighted by atomic mass is 79.9. The minimum atomic E-state index is -0.824. The zero-order chi connectivity index (χ0) is 13.8. The first-order chi connectivity index (χ1) is 9.13. The Morgan fingerprint density at radius 3 is 2.68 bits per heavy atom. The van der Waals surface area contributed by atoms with Gasteiger partial charge in [0.1, 0.15) is 5.82 Å². The molecule has 1 amide bonds. The summed E-state index contributed by atoms with van der Waals surface area (Å²) >= 11 is 3.23. The lowest BCUT2D eigenvalue weighted by Gasteiger charge is -2.08. The fourth-order valence-corrected chi connectivity index (χ4v) is 1.73. The maximum absolute atomic E-state index is 13.8. The zero-order valence-corrected chi connectivity index (χ0v) is 11.1. The van der Waals surface area contributed by atoms with Crippen molar-refractivity contribution < 1.29 is 9.18 Å². The second-order valence-electron chi connectivity index (χ2n) is 3.45. The number of carbonyl (C=O) groups excluding carboxylic acids is 1. The third kappa shape index (κ3) is 2.85. The maximum atomic E-state index is 13.8. The van der Waals surface area contributed by atoms with Crippen LogP contribution < -0.4 is 16.6 Å². The first-order valence-corrected chi connectivity index (χ1v) is 5.95. The Balaban J connectivity index is 2.28. The van der Waals surface area contributed by atoms with E-state index in [0.29, 0.717) is 10.3 Å². The van der Waals surface area contributed by atoms with Gasteiger partial charge in [-0.2, -0.15) is 0 Å². The molecule has 19 heavy (non-hydrogen) atoms. The van der Waals surface area contributed by atoms with Gasteiger partial charge in [0.15, 0.2) is 11.6 Å². The van der Waals surface area contributed by atoms with Crippen molar-refractivity contribution in [3.8, 4) is 0 Å².